The minimum atomic E-state index is 0.0730. The van der Waals surface area contributed by atoms with Crippen molar-refractivity contribution in [2.24, 2.45) is 0 Å². The van der Waals surface area contributed by atoms with Gasteiger partial charge in [-0.05, 0) is 83.8 Å². The molecule has 27 heavy (non-hydrogen) atoms. The van der Waals surface area contributed by atoms with E-state index < -0.39 is 0 Å². The highest BCUT2D eigenvalue weighted by molar-refractivity contribution is 7.80. The van der Waals surface area contributed by atoms with Crippen LogP contribution in [-0.2, 0) is 6.54 Å². The van der Waals surface area contributed by atoms with E-state index >= 15 is 0 Å². The lowest BCUT2D eigenvalue weighted by molar-refractivity contribution is 0.292. The van der Waals surface area contributed by atoms with Gasteiger partial charge in [-0.2, -0.15) is 0 Å². The third-order valence-electron chi connectivity index (χ3n) is 5.45. The molecule has 5 nitrogen and oxygen atoms in total. The van der Waals surface area contributed by atoms with Crippen molar-refractivity contribution in [1.82, 2.24) is 24.7 Å². The molecule has 1 aliphatic rings. The van der Waals surface area contributed by atoms with Gasteiger partial charge in [0.2, 0.25) is 0 Å². The molecule has 0 spiro atoms. The topological polar surface area (TPSA) is 36.3 Å². The predicted octanol–water partition coefficient (Wildman–Crippen LogP) is 3.44. The second-order valence-corrected chi connectivity index (χ2v) is 7.93. The van der Waals surface area contributed by atoms with Gasteiger partial charge >= 0.3 is 0 Å². The average Bonchev–Trinajstić information content (AvgIpc) is 3.11. The van der Waals surface area contributed by atoms with Crippen LogP contribution in [0, 0.1) is 13.8 Å². The second kappa shape index (κ2) is 8.40. The molecule has 0 bridgehead atoms. The van der Waals surface area contributed by atoms with Crippen molar-refractivity contribution in [2.45, 2.75) is 45.8 Å². The Bertz CT molecular complexity index is 783. The molecular weight excluding hydrogens is 354 g/mol. The van der Waals surface area contributed by atoms with Gasteiger partial charge in [-0.25, -0.2) is 0 Å². The zero-order valence-corrected chi connectivity index (χ0v) is 17.9. The molecule has 0 radical (unpaired) electrons. The summed E-state index contributed by atoms with van der Waals surface area (Å²) in [5.74, 6) is 0. The first-order chi connectivity index (χ1) is 12.9. The highest BCUT2D eigenvalue weighted by atomic mass is 32.1. The summed E-state index contributed by atoms with van der Waals surface area (Å²) in [6.45, 7) is 9.58. The summed E-state index contributed by atoms with van der Waals surface area (Å²) < 4.78 is 2.38. The van der Waals surface area contributed by atoms with E-state index in [1.54, 1.807) is 0 Å². The van der Waals surface area contributed by atoms with Crippen molar-refractivity contribution >= 4 is 17.3 Å². The fourth-order valence-corrected chi connectivity index (χ4v) is 4.49. The van der Waals surface area contributed by atoms with Crippen LogP contribution in [0.1, 0.15) is 48.1 Å². The molecule has 3 heterocycles. The molecule has 3 rings (SSSR count). The van der Waals surface area contributed by atoms with E-state index in [1.807, 2.05) is 18.3 Å². The summed E-state index contributed by atoms with van der Waals surface area (Å²) in [4.78, 5) is 9.21. The zero-order chi connectivity index (χ0) is 19.6. The van der Waals surface area contributed by atoms with E-state index in [0.29, 0.717) is 0 Å². The van der Waals surface area contributed by atoms with Crippen molar-refractivity contribution in [3.63, 3.8) is 0 Å². The van der Waals surface area contributed by atoms with Crippen LogP contribution >= 0.6 is 12.2 Å². The lowest BCUT2D eigenvalue weighted by Crippen LogP contribution is -2.32. The number of nitrogens with zero attached hydrogens (tertiary/aromatic N) is 4. The Kier molecular flexibility index (Phi) is 6.17. The molecule has 1 saturated heterocycles. The fraction of sp³-hybridized carbons (Fsp3) is 0.524. The molecule has 1 N–H and O–H groups in total. The number of pyridine rings is 1. The quantitative estimate of drug-likeness (QED) is 0.739. The average molecular weight is 386 g/mol. The van der Waals surface area contributed by atoms with Crippen LogP contribution in [0.5, 0.6) is 0 Å². The first-order valence-electron chi connectivity index (χ1n) is 9.73. The van der Waals surface area contributed by atoms with Crippen molar-refractivity contribution in [3.05, 3.63) is 53.1 Å². The Labute approximate surface area is 168 Å². The number of hydrogen-bond donors (Lipinski definition) is 1. The first kappa shape index (κ1) is 19.8. The predicted molar refractivity (Wildman–Crippen MR) is 115 cm³/mol. The minimum absolute atomic E-state index is 0.0730. The van der Waals surface area contributed by atoms with E-state index in [9.17, 15) is 0 Å². The van der Waals surface area contributed by atoms with Gasteiger partial charge in [-0.3, -0.25) is 4.98 Å². The van der Waals surface area contributed by atoms with Gasteiger partial charge in [0.25, 0.3) is 0 Å². The molecule has 2 aromatic heterocycles. The molecular formula is C21H31N5S. The SMILES string of the molecule is CCn1c(C)cc([C@@H]2[C@H](c3ccccn3)NC(=S)N2CCCN(C)C)c1C. The third kappa shape index (κ3) is 4.01. The van der Waals surface area contributed by atoms with Crippen LogP contribution in [-0.4, -0.2) is 51.6 Å². The van der Waals surface area contributed by atoms with Crippen LogP contribution in [0.4, 0.5) is 0 Å². The number of aromatic nitrogens is 2. The van der Waals surface area contributed by atoms with E-state index in [4.69, 9.17) is 12.2 Å². The third-order valence-corrected chi connectivity index (χ3v) is 5.80. The maximum absolute atomic E-state index is 5.75. The van der Waals surface area contributed by atoms with E-state index in [-0.39, 0.29) is 12.1 Å². The first-order valence-corrected chi connectivity index (χ1v) is 10.1. The molecule has 1 aliphatic heterocycles. The summed E-state index contributed by atoms with van der Waals surface area (Å²) in [5.41, 5.74) is 5.02. The summed E-state index contributed by atoms with van der Waals surface area (Å²) >= 11 is 5.75. The lowest BCUT2D eigenvalue weighted by atomic mass is 9.96. The van der Waals surface area contributed by atoms with Gasteiger partial charge in [0.15, 0.2) is 5.11 Å². The molecule has 6 heteroatoms. The van der Waals surface area contributed by atoms with Gasteiger partial charge in [0, 0.05) is 30.7 Å². The van der Waals surface area contributed by atoms with Gasteiger partial charge in [-0.15, -0.1) is 0 Å². The Balaban J connectivity index is 1.99. The molecule has 0 saturated carbocycles. The van der Waals surface area contributed by atoms with Crippen molar-refractivity contribution in [1.29, 1.82) is 0 Å². The minimum Gasteiger partial charge on any atom is -0.352 e. The molecule has 2 aromatic rings. The smallest absolute Gasteiger partial charge is 0.170 e. The van der Waals surface area contributed by atoms with Gasteiger partial charge < -0.3 is 19.7 Å². The van der Waals surface area contributed by atoms with Crippen LogP contribution in [0.15, 0.2) is 30.5 Å². The monoisotopic (exact) mass is 385 g/mol. The summed E-state index contributed by atoms with van der Waals surface area (Å²) in [5, 5.41) is 4.38. The Hall–Kier alpha value is -1.92. The van der Waals surface area contributed by atoms with E-state index in [2.05, 4.69) is 71.7 Å². The Morgan fingerprint density at radius 3 is 2.63 bits per heavy atom. The maximum atomic E-state index is 5.75. The fourth-order valence-electron chi connectivity index (χ4n) is 4.16. The molecule has 0 aromatic carbocycles. The molecule has 1 fully saturated rings. The number of rotatable bonds is 7. The van der Waals surface area contributed by atoms with E-state index in [1.165, 1.54) is 17.0 Å². The van der Waals surface area contributed by atoms with Crippen LogP contribution in [0.25, 0.3) is 0 Å². The highest BCUT2D eigenvalue weighted by Gasteiger charge is 2.40. The number of thiocarbonyl (C=S) groups is 1. The zero-order valence-electron chi connectivity index (χ0n) is 17.1. The molecule has 0 aliphatic carbocycles. The molecule has 2 atom stereocenters. The molecule has 146 valence electrons. The van der Waals surface area contributed by atoms with Crippen LogP contribution in [0.3, 0.4) is 0 Å². The normalized spacial score (nSPS) is 19.8. The standard InChI is InChI=1S/C21H31N5S/c1-6-25-15(2)14-17(16(25)3)20-19(18-10-7-8-11-22-18)23-21(27)26(20)13-9-12-24(4)5/h7-8,10-11,14,19-20H,6,9,12-13H2,1-5H3,(H,23,27)/t19-,20+/m0/s1. The Morgan fingerprint density at radius 1 is 1.26 bits per heavy atom. The van der Waals surface area contributed by atoms with E-state index in [0.717, 1.165) is 36.9 Å². The largest absolute Gasteiger partial charge is 0.352 e. The molecule has 0 amide bonds. The number of hydrogen-bond acceptors (Lipinski definition) is 3. The van der Waals surface area contributed by atoms with Crippen molar-refractivity contribution < 1.29 is 0 Å². The maximum Gasteiger partial charge on any atom is 0.170 e. The summed E-state index contributed by atoms with van der Waals surface area (Å²) in [6.07, 6.45) is 2.94. The lowest BCUT2D eigenvalue weighted by Gasteiger charge is -2.28. The Morgan fingerprint density at radius 2 is 2.04 bits per heavy atom. The number of nitrogens with one attached hydrogen (secondary N) is 1. The highest BCUT2D eigenvalue weighted by Crippen LogP contribution is 2.40. The van der Waals surface area contributed by atoms with Gasteiger partial charge in [0.1, 0.15) is 0 Å². The van der Waals surface area contributed by atoms with Gasteiger partial charge in [0.05, 0.1) is 17.8 Å². The van der Waals surface area contributed by atoms with Crippen molar-refractivity contribution in [3.8, 4) is 0 Å². The number of aryl methyl sites for hydroxylation is 1. The van der Waals surface area contributed by atoms with Gasteiger partial charge in [-0.1, -0.05) is 6.07 Å². The second-order valence-electron chi connectivity index (χ2n) is 7.55. The summed E-state index contributed by atoms with van der Waals surface area (Å²) in [7, 11) is 4.23. The van der Waals surface area contributed by atoms with Crippen LogP contribution < -0.4 is 5.32 Å². The van der Waals surface area contributed by atoms with Crippen LogP contribution in [0.2, 0.25) is 0 Å². The van der Waals surface area contributed by atoms with Crippen molar-refractivity contribution in [2.75, 3.05) is 27.2 Å². The summed E-state index contributed by atoms with van der Waals surface area (Å²) in [6, 6.07) is 8.67. The molecule has 0 unspecified atom stereocenters.